The van der Waals surface area contributed by atoms with Crippen LogP contribution in [0.4, 0.5) is 5.95 Å². The lowest BCUT2D eigenvalue weighted by Gasteiger charge is -1.70. The molecule has 0 aliphatic heterocycles. The van der Waals surface area contributed by atoms with Crippen molar-refractivity contribution in [3.8, 4) is 0 Å². The van der Waals surface area contributed by atoms with Gasteiger partial charge in [0.1, 0.15) is 6.20 Å². The number of aromatic amines is 1. The highest BCUT2D eigenvalue weighted by atomic mass is 16.3. The number of hydrogen-bond donors (Lipinski definition) is 0. The third kappa shape index (κ3) is 0.841. The molecule has 0 spiro atoms. The lowest BCUT2D eigenvalue weighted by molar-refractivity contribution is -0.367. The number of nitrogens with one attached hydrogen (secondary N) is 1. The first-order chi connectivity index (χ1) is 3.93. The molecule has 0 saturated carbocycles. The van der Waals surface area contributed by atoms with E-state index in [1.807, 2.05) is 0 Å². The first-order valence-electron chi connectivity index (χ1n) is 2.09. The van der Waals surface area contributed by atoms with E-state index >= 15 is 0 Å². The number of aromatic nitrogens is 2. The highest BCUT2D eigenvalue weighted by Crippen LogP contribution is 1.89. The Morgan fingerprint density at radius 2 is 2.62 bits per heavy atom. The Morgan fingerprint density at radius 1 is 1.75 bits per heavy atom. The number of H-pyrrole nitrogens is 1. The van der Waals surface area contributed by atoms with Gasteiger partial charge in [0.2, 0.25) is 0 Å². The van der Waals surface area contributed by atoms with Crippen molar-refractivity contribution in [3.63, 3.8) is 0 Å². The maximum Gasteiger partial charge on any atom is 0.473 e. The van der Waals surface area contributed by atoms with Gasteiger partial charge in [-0.1, -0.05) is 9.89 Å². The molecule has 0 amide bonds. The van der Waals surface area contributed by atoms with Crippen LogP contribution in [0.1, 0.15) is 0 Å². The number of rotatable bonds is 1. The molecule has 1 heterocycles. The number of hydrogen-bond acceptors (Lipinski definition) is 3. The molecule has 1 N–H and O–H groups in total. The third-order valence-electron chi connectivity index (χ3n) is 0.678. The lowest BCUT2D eigenvalue weighted by Crippen LogP contribution is -2.00. The van der Waals surface area contributed by atoms with E-state index in [-0.39, 0.29) is 5.95 Å². The molecule has 0 bridgehead atoms. The summed E-state index contributed by atoms with van der Waals surface area (Å²) in [4.78, 5) is 15.8. The zero-order valence-electron chi connectivity index (χ0n) is 4.03. The average molecular weight is 110 g/mol. The van der Waals surface area contributed by atoms with E-state index in [9.17, 15) is 4.91 Å². The summed E-state index contributed by atoms with van der Waals surface area (Å²) in [7, 11) is 0. The molecule has 40 valence electrons. The van der Waals surface area contributed by atoms with E-state index in [1.165, 1.54) is 6.20 Å². The largest absolute Gasteiger partial charge is 0.473 e. The van der Waals surface area contributed by atoms with Crippen molar-refractivity contribution in [2.75, 3.05) is 0 Å². The predicted molar refractivity (Wildman–Crippen MR) is 26.2 cm³/mol. The van der Waals surface area contributed by atoms with Crippen molar-refractivity contribution in [2.45, 2.75) is 0 Å². The normalized spacial score (nSPS) is 8.50. The SMILES string of the molecule is O=Nc1nccc[nH+]1. The van der Waals surface area contributed by atoms with Crippen LogP contribution in [0.5, 0.6) is 0 Å². The molecule has 0 aromatic carbocycles. The van der Waals surface area contributed by atoms with E-state index < -0.39 is 0 Å². The Morgan fingerprint density at radius 3 is 3.00 bits per heavy atom. The predicted octanol–water partition coefficient (Wildman–Crippen LogP) is 0.294. The van der Waals surface area contributed by atoms with Crippen molar-refractivity contribution in [1.29, 1.82) is 0 Å². The van der Waals surface area contributed by atoms with Gasteiger partial charge >= 0.3 is 5.95 Å². The quantitative estimate of drug-likeness (QED) is 0.488. The maximum absolute atomic E-state index is 9.66. The standard InChI is InChI=1S/C4H3N3O/c8-7-4-5-2-1-3-6-4/h1-3H/p+1. The highest BCUT2D eigenvalue weighted by Gasteiger charge is 1.97. The van der Waals surface area contributed by atoms with Crippen LogP contribution < -0.4 is 4.98 Å². The highest BCUT2D eigenvalue weighted by molar-refractivity contribution is 5.00. The van der Waals surface area contributed by atoms with Crippen molar-refractivity contribution in [2.24, 2.45) is 5.18 Å². The van der Waals surface area contributed by atoms with Gasteiger partial charge in [0.25, 0.3) is 0 Å². The zero-order valence-corrected chi connectivity index (χ0v) is 4.03. The molecule has 4 heteroatoms. The smallest absolute Gasteiger partial charge is 0.243 e. The molecule has 0 radical (unpaired) electrons. The van der Waals surface area contributed by atoms with Gasteiger partial charge in [0, 0.05) is 6.07 Å². The molecular formula is C4H4N3O+. The summed E-state index contributed by atoms with van der Waals surface area (Å²) < 4.78 is 0. The van der Waals surface area contributed by atoms with E-state index in [1.54, 1.807) is 12.3 Å². The van der Waals surface area contributed by atoms with Crippen LogP contribution in [-0.2, 0) is 0 Å². The molecule has 0 saturated heterocycles. The summed E-state index contributed by atoms with van der Waals surface area (Å²) >= 11 is 0. The summed E-state index contributed by atoms with van der Waals surface area (Å²) in [5.74, 6) is 0.104. The van der Waals surface area contributed by atoms with Crippen LogP contribution in [0.2, 0.25) is 0 Å². The van der Waals surface area contributed by atoms with Crippen LogP contribution in [0.15, 0.2) is 23.6 Å². The zero-order chi connectivity index (χ0) is 5.82. The summed E-state index contributed by atoms with van der Waals surface area (Å²) in [5.41, 5.74) is 0. The number of nitroso groups, excluding NO2 is 1. The fraction of sp³-hybridized carbons (Fsp3) is 0. The lowest BCUT2D eigenvalue weighted by atomic mass is 10.7. The minimum atomic E-state index is 0.104. The first kappa shape index (κ1) is 4.83. The van der Waals surface area contributed by atoms with E-state index in [2.05, 4.69) is 15.1 Å². The molecule has 0 aliphatic rings. The van der Waals surface area contributed by atoms with Gasteiger partial charge in [-0.05, 0) is 0 Å². The van der Waals surface area contributed by atoms with Gasteiger partial charge in [0.15, 0.2) is 5.18 Å². The molecule has 8 heavy (non-hydrogen) atoms. The van der Waals surface area contributed by atoms with Gasteiger partial charge in [-0.2, -0.15) is 0 Å². The Balaban J connectivity index is 2.99. The summed E-state index contributed by atoms with van der Waals surface area (Å²) in [5, 5.41) is 2.55. The monoisotopic (exact) mass is 110 g/mol. The molecule has 1 aromatic heterocycles. The van der Waals surface area contributed by atoms with Gasteiger partial charge in [-0.25, -0.2) is 4.98 Å². The second kappa shape index (κ2) is 2.11. The molecule has 0 aliphatic carbocycles. The molecule has 4 nitrogen and oxygen atoms in total. The Labute approximate surface area is 45.6 Å². The van der Waals surface area contributed by atoms with E-state index in [0.29, 0.717) is 0 Å². The van der Waals surface area contributed by atoms with Gasteiger partial charge in [0.05, 0.1) is 6.20 Å². The van der Waals surface area contributed by atoms with E-state index in [4.69, 9.17) is 0 Å². The van der Waals surface area contributed by atoms with Gasteiger partial charge < -0.3 is 0 Å². The van der Waals surface area contributed by atoms with Crippen molar-refractivity contribution < 1.29 is 4.98 Å². The van der Waals surface area contributed by atoms with Crippen molar-refractivity contribution >= 4 is 5.95 Å². The topological polar surface area (TPSA) is 56.5 Å². The Hall–Kier alpha value is -1.32. The second-order valence-electron chi connectivity index (χ2n) is 1.20. The Bertz CT molecular complexity index is 174. The van der Waals surface area contributed by atoms with Crippen LogP contribution >= 0.6 is 0 Å². The third-order valence-corrected chi connectivity index (χ3v) is 0.678. The van der Waals surface area contributed by atoms with Crippen LogP contribution in [-0.4, -0.2) is 4.98 Å². The molecule has 0 atom stereocenters. The van der Waals surface area contributed by atoms with Crippen LogP contribution in [0.25, 0.3) is 0 Å². The van der Waals surface area contributed by atoms with Gasteiger partial charge in [-0.3, -0.25) is 0 Å². The number of nitrogens with zero attached hydrogens (tertiary/aromatic N) is 2. The molecule has 1 rings (SSSR count). The fourth-order valence-electron chi connectivity index (χ4n) is 0.367. The van der Waals surface area contributed by atoms with Crippen molar-refractivity contribution in [1.82, 2.24) is 4.98 Å². The first-order valence-corrected chi connectivity index (χ1v) is 2.09. The average Bonchev–Trinajstić information content (AvgIpc) is 1.90. The summed E-state index contributed by atoms with van der Waals surface area (Å²) in [6.45, 7) is 0. The summed E-state index contributed by atoms with van der Waals surface area (Å²) in [6.07, 6.45) is 3.08. The van der Waals surface area contributed by atoms with Crippen LogP contribution in [0.3, 0.4) is 0 Å². The molecule has 0 unspecified atom stereocenters. The van der Waals surface area contributed by atoms with Crippen LogP contribution in [0, 0.1) is 4.91 Å². The summed E-state index contributed by atoms with van der Waals surface area (Å²) in [6, 6.07) is 1.68. The molecule has 0 fully saturated rings. The molecule has 1 aromatic rings. The second-order valence-corrected chi connectivity index (χ2v) is 1.20. The fourth-order valence-corrected chi connectivity index (χ4v) is 0.367. The van der Waals surface area contributed by atoms with E-state index in [0.717, 1.165) is 0 Å². The molecular weight excluding hydrogens is 106 g/mol. The maximum atomic E-state index is 9.66. The minimum absolute atomic E-state index is 0.104. The van der Waals surface area contributed by atoms with Crippen molar-refractivity contribution in [3.05, 3.63) is 23.4 Å². The Kier molecular flexibility index (Phi) is 1.27. The minimum Gasteiger partial charge on any atom is -0.243 e. The van der Waals surface area contributed by atoms with Gasteiger partial charge in [-0.15, -0.1) is 0 Å².